The third-order valence-corrected chi connectivity index (χ3v) is 4.54. The summed E-state index contributed by atoms with van der Waals surface area (Å²) in [6.45, 7) is 1.90. The highest BCUT2D eigenvalue weighted by atomic mass is 32.2. The lowest BCUT2D eigenvalue weighted by Crippen LogP contribution is -2.30. The van der Waals surface area contributed by atoms with Crippen LogP contribution in [0.5, 0.6) is 0 Å². The molecule has 1 fully saturated rings. The molecule has 0 radical (unpaired) electrons. The fourth-order valence-electron chi connectivity index (χ4n) is 2.00. The van der Waals surface area contributed by atoms with Crippen molar-refractivity contribution in [3.8, 4) is 0 Å². The molecule has 1 saturated heterocycles. The summed E-state index contributed by atoms with van der Waals surface area (Å²) in [7, 11) is -1.08. The van der Waals surface area contributed by atoms with Gasteiger partial charge in [-0.25, -0.2) is 0 Å². The lowest BCUT2D eigenvalue weighted by Gasteiger charge is -2.11. The van der Waals surface area contributed by atoms with E-state index in [0.717, 1.165) is 16.9 Å². The quantitative estimate of drug-likeness (QED) is 0.787. The zero-order chi connectivity index (χ0) is 12.4. The topological polar surface area (TPSA) is 72.2 Å². The molecule has 1 heterocycles. The molecular formula is C12H16N2O2S. The Morgan fingerprint density at radius 2 is 2.29 bits per heavy atom. The van der Waals surface area contributed by atoms with Gasteiger partial charge < -0.3 is 11.1 Å². The highest BCUT2D eigenvalue weighted by Gasteiger charge is 2.23. The Morgan fingerprint density at radius 3 is 2.88 bits per heavy atom. The first-order chi connectivity index (χ1) is 8.06. The summed E-state index contributed by atoms with van der Waals surface area (Å²) in [6.07, 6.45) is 1.32. The molecule has 0 aliphatic carbocycles. The van der Waals surface area contributed by atoms with Crippen LogP contribution in [0.25, 0.3) is 0 Å². The van der Waals surface area contributed by atoms with E-state index in [0.29, 0.717) is 17.9 Å². The van der Waals surface area contributed by atoms with Crippen molar-refractivity contribution >= 4 is 22.4 Å². The summed E-state index contributed by atoms with van der Waals surface area (Å²) >= 11 is 0. The number of amides is 1. The molecule has 2 atom stereocenters. The predicted octanol–water partition coefficient (Wildman–Crippen LogP) is 0.963. The third kappa shape index (κ3) is 2.85. The maximum Gasteiger partial charge on any atom is 0.220 e. The smallest absolute Gasteiger partial charge is 0.220 e. The highest BCUT2D eigenvalue weighted by molar-refractivity contribution is 7.85. The van der Waals surface area contributed by atoms with Gasteiger partial charge in [-0.3, -0.25) is 9.00 Å². The van der Waals surface area contributed by atoms with E-state index >= 15 is 0 Å². The van der Waals surface area contributed by atoms with E-state index in [1.807, 2.05) is 13.0 Å². The van der Waals surface area contributed by atoms with Crippen LogP contribution in [-0.4, -0.2) is 21.9 Å². The number of nitrogens with one attached hydrogen (secondary N) is 1. The predicted molar refractivity (Wildman–Crippen MR) is 68.0 cm³/mol. The van der Waals surface area contributed by atoms with Crippen molar-refractivity contribution in [1.29, 1.82) is 0 Å². The number of anilines is 1. The molecule has 2 rings (SSSR count). The van der Waals surface area contributed by atoms with Gasteiger partial charge >= 0.3 is 0 Å². The van der Waals surface area contributed by atoms with Gasteiger partial charge in [-0.1, -0.05) is 0 Å². The van der Waals surface area contributed by atoms with E-state index in [9.17, 15) is 9.00 Å². The number of nitrogen functional groups attached to an aromatic ring is 1. The maximum atomic E-state index is 12.2. The molecule has 1 aromatic rings. The number of hydrogen-bond acceptors (Lipinski definition) is 3. The summed E-state index contributed by atoms with van der Waals surface area (Å²) in [5, 5.41) is 2.83. The summed E-state index contributed by atoms with van der Waals surface area (Å²) in [4.78, 5) is 11.9. The molecule has 5 heteroatoms. The fourth-order valence-corrected chi connectivity index (χ4v) is 3.44. The second-order valence-corrected chi connectivity index (χ2v) is 5.80. The van der Waals surface area contributed by atoms with E-state index in [1.54, 1.807) is 12.1 Å². The standard InChI is InChI=1S/C12H16N2O2S/c1-8-6-9(13)2-4-11(8)17(16)7-10-3-5-12(15)14-10/h2,4,6,10H,3,5,7,13H2,1H3,(H,14,15). The van der Waals surface area contributed by atoms with Gasteiger partial charge in [-0.05, 0) is 37.1 Å². The van der Waals surface area contributed by atoms with Gasteiger partial charge in [0.2, 0.25) is 5.91 Å². The van der Waals surface area contributed by atoms with Crippen LogP contribution in [0.15, 0.2) is 23.1 Å². The molecule has 0 bridgehead atoms. The molecule has 3 N–H and O–H groups in total. The largest absolute Gasteiger partial charge is 0.399 e. The second kappa shape index (κ2) is 4.87. The zero-order valence-electron chi connectivity index (χ0n) is 9.73. The molecule has 92 valence electrons. The van der Waals surface area contributed by atoms with Crippen molar-refractivity contribution in [3.05, 3.63) is 23.8 Å². The Labute approximate surface area is 103 Å². The first-order valence-electron chi connectivity index (χ1n) is 5.60. The lowest BCUT2D eigenvalue weighted by atomic mass is 10.2. The Bertz CT molecular complexity index is 474. The Morgan fingerprint density at radius 1 is 1.53 bits per heavy atom. The van der Waals surface area contributed by atoms with Gasteiger partial charge in [0.1, 0.15) is 0 Å². The second-order valence-electron chi connectivity index (χ2n) is 4.34. The molecular weight excluding hydrogens is 236 g/mol. The summed E-state index contributed by atoms with van der Waals surface area (Å²) < 4.78 is 12.2. The third-order valence-electron chi connectivity index (χ3n) is 2.88. The Hall–Kier alpha value is -1.36. The fraction of sp³-hybridized carbons (Fsp3) is 0.417. The lowest BCUT2D eigenvalue weighted by molar-refractivity contribution is -0.119. The van der Waals surface area contributed by atoms with Gasteiger partial charge in [0.15, 0.2) is 0 Å². The van der Waals surface area contributed by atoms with Crippen LogP contribution in [0.4, 0.5) is 5.69 Å². The normalized spacial score (nSPS) is 21.2. The minimum absolute atomic E-state index is 0.0419. The summed E-state index contributed by atoms with van der Waals surface area (Å²) in [6, 6.07) is 5.42. The van der Waals surface area contributed by atoms with Crippen molar-refractivity contribution in [2.45, 2.75) is 30.7 Å². The molecule has 1 aliphatic heterocycles. The number of benzene rings is 1. The minimum Gasteiger partial charge on any atom is -0.399 e. The van der Waals surface area contributed by atoms with E-state index in [1.165, 1.54) is 0 Å². The molecule has 0 spiro atoms. The molecule has 4 nitrogen and oxygen atoms in total. The van der Waals surface area contributed by atoms with Crippen LogP contribution in [0.1, 0.15) is 18.4 Å². The van der Waals surface area contributed by atoms with Crippen molar-refractivity contribution in [3.63, 3.8) is 0 Å². The first kappa shape index (κ1) is 12.1. The molecule has 0 aromatic heterocycles. The summed E-state index contributed by atoms with van der Waals surface area (Å²) in [5.74, 6) is 0.539. The molecule has 17 heavy (non-hydrogen) atoms. The van der Waals surface area contributed by atoms with Gasteiger partial charge in [-0.2, -0.15) is 0 Å². The number of carbonyl (C=O) groups excluding carboxylic acids is 1. The first-order valence-corrected chi connectivity index (χ1v) is 6.92. The monoisotopic (exact) mass is 252 g/mol. The molecule has 2 unspecified atom stereocenters. The van der Waals surface area contributed by atoms with Crippen LogP contribution in [-0.2, 0) is 15.6 Å². The van der Waals surface area contributed by atoms with E-state index in [-0.39, 0.29) is 11.9 Å². The SMILES string of the molecule is Cc1cc(N)ccc1S(=O)CC1CCC(=O)N1. The molecule has 1 aromatic carbocycles. The molecule has 0 saturated carbocycles. The number of carbonyl (C=O) groups is 1. The van der Waals surface area contributed by atoms with Gasteiger partial charge in [0.25, 0.3) is 0 Å². The maximum absolute atomic E-state index is 12.2. The molecule has 1 amide bonds. The number of hydrogen-bond donors (Lipinski definition) is 2. The average molecular weight is 252 g/mol. The zero-order valence-corrected chi connectivity index (χ0v) is 10.5. The van der Waals surface area contributed by atoms with Crippen LogP contribution in [0, 0.1) is 6.92 Å². The van der Waals surface area contributed by atoms with Crippen molar-refractivity contribution < 1.29 is 9.00 Å². The summed E-state index contributed by atoms with van der Waals surface area (Å²) in [5.41, 5.74) is 7.27. The van der Waals surface area contributed by atoms with Gasteiger partial charge in [0, 0.05) is 28.8 Å². The average Bonchev–Trinajstić information content (AvgIpc) is 2.63. The van der Waals surface area contributed by atoms with E-state index in [4.69, 9.17) is 5.73 Å². The van der Waals surface area contributed by atoms with Crippen LogP contribution in [0.3, 0.4) is 0 Å². The van der Waals surface area contributed by atoms with Crippen molar-refractivity contribution in [2.24, 2.45) is 0 Å². The van der Waals surface area contributed by atoms with Crippen LogP contribution >= 0.6 is 0 Å². The highest BCUT2D eigenvalue weighted by Crippen LogP contribution is 2.18. The number of aryl methyl sites for hydroxylation is 1. The Balaban J connectivity index is 2.07. The van der Waals surface area contributed by atoms with Gasteiger partial charge in [-0.15, -0.1) is 0 Å². The van der Waals surface area contributed by atoms with Crippen LogP contribution in [0.2, 0.25) is 0 Å². The van der Waals surface area contributed by atoms with E-state index in [2.05, 4.69) is 5.32 Å². The van der Waals surface area contributed by atoms with Gasteiger partial charge in [0.05, 0.1) is 10.8 Å². The van der Waals surface area contributed by atoms with Crippen molar-refractivity contribution in [2.75, 3.05) is 11.5 Å². The minimum atomic E-state index is -1.08. The Kier molecular flexibility index (Phi) is 3.47. The number of nitrogens with two attached hydrogens (primary N) is 1. The van der Waals surface area contributed by atoms with Crippen molar-refractivity contribution in [1.82, 2.24) is 5.32 Å². The molecule has 1 aliphatic rings. The van der Waals surface area contributed by atoms with E-state index < -0.39 is 10.8 Å². The van der Waals surface area contributed by atoms with Crippen LogP contribution < -0.4 is 11.1 Å². The number of rotatable bonds is 3.